The zero-order chi connectivity index (χ0) is 15.5. The van der Waals surface area contributed by atoms with Gasteiger partial charge in [0.05, 0.1) is 0 Å². The summed E-state index contributed by atoms with van der Waals surface area (Å²) in [5.41, 5.74) is 5.65. The van der Waals surface area contributed by atoms with Crippen LogP contribution in [0.1, 0.15) is 38.7 Å². The molecule has 1 unspecified atom stereocenters. The van der Waals surface area contributed by atoms with Crippen molar-refractivity contribution in [2.45, 2.75) is 26.3 Å². The van der Waals surface area contributed by atoms with Crippen LogP contribution in [0.4, 0.5) is 0 Å². The fourth-order valence-electron chi connectivity index (χ4n) is 3.06. The summed E-state index contributed by atoms with van der Waals surface area (Å²) in [5, 5.41) is 6.57. The molecule has 0 aliphatic carbocycles. The second kappa shape index (κ2) is 7.62. The molecule has 3 nitrogen and oxygen atoms in total. The Morgan fingerprint density at radius 3 is 2.78 bits per heavy atom. The van der Waals surface area contributed by atoms with E-state index >= 15 is 0 Å². The Morgan fingerprint density at radius 2 is 1.96 bits per heavy atom. The van der Waals surface area contributed by atoms with E-state index in [9.17, 15) is 4.79 Å². The highest BCUT2D eigenvalue weighted by molar-refractivity contribution is 5.95. The Hall–Kier alpha value is -1.84. The van der Waals surface area contributed by atoms with E-state index in [1.807, 2.05) is 32.0 Å². The second-order valence-electron chi connectivity index (χ2n) is 5.91. The Bertz CT molecular complexity index is 700. The van der Waals surface area contributed by atoms with Crippen molar-refractivity contribution in [3.8, 4) is 0 Å². The molecule has 0 saturated carbocycles. The van der Waals surface area contributed by atoms with E-state index in [-0.39, 0.29) is 24.4 Å². The molecule has 1 atom stereocenters. The molecule has 0 fully saturated rings. The van der Waals surface area contributed by atoms with Crippen LogP contribution in [0.15, 0.2) is 42.5 Å². The number of carbonyl (C=O) groups excluding carboxylic acids is 1. The Kier molecular flexibility index (Phi) is 5.80. The third kappa shape index (κ3) is 3.74. The van der Waals surface area contributed by atoms with E-state index in [0.29, 0.717) is 6.54 Å². The number of nitrogens with one attached hydrogen (secondary N) is 2. The molecule has 1 aliphatic heterocycles. The maximum Gasteiger partial charge on any atom is 0.251 e. The molecular weight excluding hydrogens is 308 g/mol. The third-order valence-corrected chi connectivity index (χ3v) is 4.53. The Labute approximate surface area is 143 Å². The summed E-state index contributed by atoms with van der Waals surface area (Å²) in [5.74, 6) is 0.00561. The molecule has 122 valence electrons. The van der Waals surface area contributed by atoms with Crippen molar-refractivity contribution in [3.63, 3.8) is 0 Å². The Morgan fingerprint density at radius 1 is 1.17 bits per heavy atom. The van der Waals surface area contributed by atoms with E-state index in [1.165, 1.54) is 11.1 Å². The molecule has 1 amide bonds. The smallest absolute Gasteiger partial charge is 0.251 e. The van der Waals surface area contributed by atoms with Crippen LogP contribution in [0.3, 0.4) is 0 Å². The summed E-state index contributed by atoms with van der Waals surface area (Å²) in [6.07, 6.45) is 1.05. The molecule has 0 radical (unpaired) electrons. The molecule has 0 spiro atoms. The van der Waals surface area contributed by atoms with Crippen LogP contribution in [-0.4, -0.2) is 19.0 Å². The van der Waals surface area contributed by atoms with Crippen molar-refractivity contribution in [3.05, 3.63) is 70.3 Å². The van der Waals surface area contributed by atoms with Gasteiger partial charge in [0.15, 0.2) is 0 Å². The number of aryl methyl sites for hydroxylation is 1. The number of fused-ring (bicyclic) bond motifs is 1. The number of carbonyl (C=O) groups is 1. The monoisotopic (exact) mass is 330 g/mol. The SMILES string of the molecule is Cc1cccc(C(=O)NCC2NCCc3ccccc32)c1C.Cl. The molecule has 23 heavy (non-hydrogen) atoms. The van der Waals surface area contributed by atoms with Crippen molar-refractivity contribution in [2.24, 2.45) is 0 Å². The fourth-order valence-corrected chi connectivity index (χ4v) is 3.06. The van der Waals surface area contributed by atoms with Gasteiger partial charge in [-0.15, -0.1) is 12.4 Å². The third-order valence-electron chi connectivity index (χ3n) is 4.53. The van der Waals surface area contributed by atoms with Crippen LogP contribution in [0.2, 0.25) is 0 Å². The van der Waals surface area contributed by atoms with Gasteiger partial charge in [-0.25, -0.2) is 0 Å². The number of amides is 1. The highest BCUT2D eigenvalue weighted by Crippen LogP contribution is 2.22. The van der Waals surface area contributed by atoms with Crippen LogP contribution in [0.5, 0.6) is 0 Å². The zero-order valence-corrected chi connectivity index (χ0v) is 14.4. The maximum atomic E-state index is 12.4. The molecule has 0 aromatic heterocycles. The number of hydrogen-bond acceptors (Lipinski definition) is 2. The minimum atomic E-state index is 0. The van der Waals surface area contributed by atoms with Crippen LogP contribution < -0.4 is 10.6 Å². The highest BCUT2D eigenvalue weighted by atomic mass is 35.5. The van der Waals surface area contributed by atoms with Gasteiger partial charge in [0.25, 0.3) is 5.91 Å². The normalized spacial score (nSPS) is 16.2. The first kappa shape index (κ1) is 17.5. The van der Waals surface area contributed by atoms with Crippen LogP contribution in [0, 0.1) is 13.8 Å². The predicted octanol–water partition coefficient (Wildman–Crippen LogP) is 3.34. The van der Waals surface area contributed by atoms with Gasteiger partial charge in [-0.2, -0.15) is 0 Å². The van der Waals surface area contributed by atoms with Gasteiger partial charge in [0, 0.05) is 18.2 Å². The van der Waals surface area contributed by atoms with Crippen LogP contribution in [-0.2, 0) is 6.42 Å². The second-order valence-corrected chi connectivity index (χ2v) is 5.91. The molecule has 0 saturated heterocycles. The summed E-state index contributed by atoms with van der Waals surface area (Å²) in [6, 6.07) is 14.5. The summed E-state index contributed by atoms with van der Waals surface area (Å²) in [4.78, 5) is 12.4. The lowest BCUT2D eigenvalue weighted by atomic mass is 9.94. The Balaban J connectivity index is 0.00000192. The topological polar surface area (TPSA) is 41.1 Å². The molecule has 2 aromatic carbocycles. The largest absolute Gasteiger partial charge is 0.350 e. The lowest BCUT2D eigenvalue weighted by Crippen LogP contribution is -2.39. The van der Waals surface area contributed by atoms with Gasteiger partial charge < -0.3 is 10.6 Å². The summed E-state index contributed by atoms with van der Waals surface area (Å²) >= 11 is 0. The van der Waals surface area contributed by atoms with Crippen molar-refractivity contribution < 1.29 is 4.79 Å². The van der Waals surface area contributed by atoms with Crippen molar-refractivity contribution >= 4 is 18.3 Å². The van der Waals surface area contributed by atoms with E-state index in [1.54, 1.807) is 0 Å². The number of rotatable bonds is 3. The van der Waals surface area contributed by atoms with E-state index in [0.717, 1.165) is 29.7 Å². The zero-order valence-electron chi connectivity index (χ0n) is 13.6. The lowest BCUT2D eigenvalue weighted by Gasteiger charge is -2.27. The van der Waals surface area contributed by atoms with Gasteiger partial charge >= 0.3 is 0 Å². The molecular formula is C19H23ClN2O. The first-order chi connectivity index (χ1) is 10.7. The van der Waals surface area contributed by atoms with Gasteiger partial charge in [-0.1, -0.05) is 36.4 Å². The van der Waals surface area contributed by atoms with Gasteiger partial charge in [-0.05, 0) is 55.1 Å². The molecule has 3 rings (SSSR count). The molecule has 0 bridgehead atoms. The molecule has 2 aromatic rings. The number of hydrogen-bond donors (Lipinski definition) is 2. The van der Waals surface area contributed by atoms with E-state index in [4.69, 9.17) is 0 Å². The minimum absolute atomic E-state index is 0. The van der Waals surface area contributed by atoms with Crippen LogP contribution in [0.25, 0.3) is 0 Å². The average molecular weight is 331 g/mol. The molecule has 2 N–H and O–H groups in total. The first-order valence-corrected chi connectivity index (χ1v) is 7.82. The standard InChI is InChI=1S/C19H22N2O.ClH/c1-13-6-5-9-16(14(13)2)19(22)21-12-18-17-8-4-3-7-15(17)10-11-20-18;/h3-9,18,20H,10-12H2,1-2H3,(H,21,22);1H. The first-order valence-electron chi connectivity index (χ1n) is 7.82. The van der Waals surface area contributed by atoms with Gasteiger partial charge in [0.1, 0.15) is 0 Å². The van der Waals surface area contributed by atoms with E-state index < -0.39 is 0 Å². The summed E-state index contributed by atoms with van der Waals surface area (Å²) in [7, 11) is 0. The quantitative estimate of drug-likeness (QED) is 0.906. The van der Waals surface area contributed by atoms with E-state index in [2.05, 4.69) is 34.9 Å². The minimum Gasteiger partial charge on any atom is -0.350 e. The highest BCUT2D eigenvalue weighted by Gasteiger charge is 2.20. The molecule has 1 heterocycles. The number of halogens is 1. The average Bonchev–Trinajstić information content (AvgIpc) is 2.55. The summed E-state index contributed by atoms with van der Waals surface area (Å²) in [6.45, 7) is 5.60. The maximum absolute atomic E-state index is 12.4. The fraction of sp³-hybridized carbons (Fsp3) is 0.316. The van der Waals surface area contributed by atoms with Crippen molar-refractivity contribution in [1.29, 1.82) is 0 Å². The van der Waals surface area contributed by atoms with Crippen LogP contribution >= 0.6 is 12.4 Å². The number of benzene rings is 2. The summed E-state index contributed by atoms with van der Waals surface area (Å²) < 4.78 is 0. The van der Waals surface area contributed by atoms with Gasteiger partial charge in [0.2, 0.25) is 0 Å². The van der Waals surface area contributed by atoms with Gasteiger partial charge in [-0.3, -0.25) is 4.79 Å². The van der Waals surface area contributed by atoms with Crippen molar-refractivity contribution in [1.82, 2.24) is 10.6 Å². The van der Waals surface area contributed by atoms with Crippen molar-refractivity contribution in [2.75, 3.05) is 13.1 Å². The lowest BCUT2D eigenvalue weighted by molar-refractivity contribution is 0.0948. The molecule has 4 heteroatoms. The predicted molar refractivity (Wildman–Crippen MR) is 96.4 cm³/mol. The molecule has 1 aliphatic rings.